The maximum Gasteiger partial charge on any atom is 0.325 e. The van der Waals surface area contributed by atoms with Gasteiger partial charge in [0, 0.05) is 0 Å². The molecule has 0 radical (unpaired) electrons. The van der Waals surface area contributed by atoms with Crippen LogP contribution >= 0.6 is 11.5 Å². The van der Waals surface area contributed by atoms with E-state index in [9.17, 15) is 23.6 Å². The molecule has 13 heteroatoms. The van der Waals surface area contributed by atoms with Crippen molar-refractivity contribution >= 4 is 46.6 Å². The minimum Gasteiger partial charge on any atom is -0.495 e. The molecule has 37 heavy (non-hydrogen) atoms. The molecule has 0 saturated heterocycles. The molecule has 0 aliphatic carbocycles. The number of rotatable bonds is 10. The van der Waals surface area contributed by atoms with Crippen molar-refractivity contribution < 1.29 is 33.0 Å². The molecule has 0 saturated carbocycles. The lowest BCUT2D eigenvalue weighted by Crippen LogP contribution is -2.45. The van der Waals surface area contributed by atoms with Crippen LogP contribution in [0.1, 0.15) is 38.7 Å². The zero-order valence-corrected chi connectivity index (χ0v) is 20.7. The minimum absolute atomic E-state index is 0.106. The number of methoxy groups -OCH3 is 1. The van der Waals surface area contributed by atoms with Crippen molar-refractivity contribution in [3.05, 3.63) is 70.5 Å². The van der Waals surface area contributed by atoms with Gasteiger partial charge in [0.1, 0.15) is 29.0 Å². The number of aromatic nitrogens is 1. The lowest BCUT2D eigenvalue weighted by molar-refractivity contribution is -0.143. The smallest absolute Gasteiger partial charge is 0.325 e. The molecule has 0 fully saturated rings. The molecule has 0 bridgehead atoms. The molecule has 3 rings (SSSR count). The van der Waals surface area contributed by atoms with Gasteiger partial charge in [-0.1, -0.05) is 24.3 Å². The summed E-state index contributed by atoms with van der Waals surface area (Å²) in [5.41, 5.74) is 11.1. The van der Waals surface area contributed by atoms with Crippen molar-refractivity contribution in [2.24, 2.45) is 5.73 Å². The Morgan fingerprint density at radius 1 is 1.14 bits per heavy atom. The van der Waals surface area contributed by atoms with Crippen LogP contribution < -0.4 is 26.4 Å². The van der Waals surface area contributed by atoms with E-state index >= 15 is 0 Å². The monoisotopic (exact) mass is 529 g/mol. The fourth-order valence-corrected chi connectivity index (χ4v) is 4.21. The van der Waals surface area contributed by atoms with Gasteiger partial charge >= 0.3 is 5.97 Å². The third kappa shape index (κ3) is 6.01. The summed E-state index contributed by atoms with van der Waals surface area (Å²) in [5, 5.41) is 2.45. The van der Waals surface area contributed by atoms with Crippen LogP contribution in [-0.2, 0) is 14.3 Å². The maximum atomic E-state index is 14.0. The van der Waals surface area contributed by atoms with Crippen LogP contribution in [-0.4, -0.2) is 48.3 Å². The van der Waals surface area contributed by atoms with Crippen LogP contribution in [0, 0.1) is 5.82 Å². The average Bonchev–Trinajstić information content (AvgIpc) is 3.28. The topological polar surface area (TPSA) is 167 Å². The molecule has 11 nitrogen and oxygen atoms in total. The van der Waals surface area contributed by atoms with Crippen molar-refractivity contribution in [3.8, 4) is 5.75 Å². The van der Waals surface area contributed by atoms with Gasteiger partial charge in [0.25, 0.3) is 11.8 Å². The number of carbonyl (C=O) groups excluding carboxylic acids is 4. The lowest BCUT2D eigenvalue weighted by Gasteiger charge is -2.32. The van der Waals surface area contributed by atoms with Crippen LogP contribution in [0.4, 0.5) is 15.8 Å². The summed E-state index contributed by atoms with van der Waals surface area (Å²) in [6.07, 6.45) is 0. The van der Waals surface area contributed by atoms with Crippen molar-refractivity contribution in [2.45, 2.75) is 13.0 Å². The largest absolute Gasteiger partial charge is 0.495 e. The van der Waals surface area contributed by atoms with Crippen molar-refractivity contribution in [1.82, 2.24) is 9.69 Å². The molecular formula is C24H24FN5O6S. The van der Waals surface area contributed by atoms with Gasteiger partial charge in [0.05, 0.1) is 25.1 Å². The molecule has 194 valence electrons. The summed E-state index contributed by atoms with van der Waals surface area (Å²) in [4.78, 5) is 52.0. The Labute approximate surface area is 215 Å². The fourth-order valence-electron chi connectivity index (χ4n) is 3.46. The van der Waals surface area contributed by atoms with E-state index in [0.29, 0.717) is 11.5 Å². The van der Waals surface area contributed by atoms with E-state index in [1.165, 1.54) is 25.3 Å². The summed E-state index contributed by atoms with van der Waals surface area (Å²) >= 11 is 0.627. The second-order valence-corrected chi connectivity index (χ2v) is 8.24. The van der Waals surface area contributed by atoms with Crippen LogP contribution in [0.5, 0.6) is 5.75 Å². The van der Waals surface area contributed by atoms with E-state index in [1.807, 2.05) is 0 Å². The molecule has 1 aromatic heterocycles. The Hall–Kier alpha value is -4.52. The quantitative estimate of drug-likeness (QED) is 0.335. The predicted octanol–water partition coefficient (Wildman–Crippen LogP) is 2.04. The molecule has 5 N–H and O–H groups in total. The summed E-state index contributed by atoms with van der Waals surface area (Å²) in [7, 11) is 1.38. The van der Waals surface area contributed by atoms with Gasteiger partial charge in [-0.25, -0.2) is 4.39 Å². The lowest BCUT2D eigenvalue weighted by atomic mass is 10.0. The Morgan fingerprint density at radius 3 is 2.41 bits per heavy atom. The number of anilines is 2. The van der Waals surface area contributed by atoms with Gasteiger partial charge in [0.15, 0.2) is 5.69 Å². The summed E-state index contributed by atoms with van der Waals surface area (Å²) in [5.74, 6) is -3.56. The molecule has 3 amide bonds. The number of esters is 1. The Balaban J connectivity index is 2.20. The number of benzene rings is 2. The van der Waals surface area contributed by atoms with Gasteiger partial charge < -0.3 is 26.3 Å². The highest BCUT2D eigenvalue weighted by atomic mass is 32.1. The molecule has 1 unspecified atom stereocenters. The Morgan fingerprint density at radius 2 is 1.81 bits per heavy atom. The van der Waals surface area contributed by atoms with Crippen LogP contribution in [0.15, 0.2) is 48.5 Å². The first kappa shape index (κ1) is 27.1. The number of nitrogen functional groups attached to an aromatic ring is 1. The number of hydrogen-bond acceptors (Lipinski definition) is 9. The van der Waals surface area contributed by atoms with Crippen LogP contribution in [0.2, 0.25) is 0 Å². The summed E-state index contributed by atoms with van der Waals surface area (Å²) < 4.78 is 27.9. The average molecular weight is 530 g/mol. The minimum atomic E-state index is -1.43. The highest BCUT2D eigenvalue weighted by molar-refractivity contribution is 7.09. The van der Waals surface area contributed by atoms with Gasteiger partial charge in [-0.15, -0.1) is 0 Å². The first-order valence-electron chi connectivity index (χ1n) is 10.9. The number of nitrogens with two attached hydrogens (primary N) is 2. The zero-order chi connectivity index (χ0) is 27.1. The number of carbonyl (C=O) groups is 4. The van der Waals surface area contributed by atoms with Crippen LogP contribution in [0.3, 0.4) is 0 Å². The van der Waals surface area contributed by atoms with E-state index in [-0.39, 0.29) is 39.9 Å². The van der Waals surface area contributed by atoms with E-state index < -0.39 is 42.1 Å². The number of amides is 3. The van der Waals surface area contributed by atoms with Gasteiger partial charge in [-0.05, 0) is 48.3 Å². The maximum absolute atomic E-state index is 14.0. The standard InChI is InChI=1S/C24H24FN5O6S/c1-3-36-17(31)12-28-23(33)20(13-8-10-14(25)11-9-13)30(15-6-4-5-7-16(15)35-2)24(34)21-18(26)19(22(27)32)29-37-21/h4-11,20H,3,12,26H2,1-2H3,(H2,27,32)(H,28,33). The van der Waals surface area contributed by atoms with Gasteiger partial charge in [0.2, 0.25) is 5.91 Å². The van der Waals surface area contributed by atoms with Crippen molar-refractivity contribution in [1.29, 1.82) is 0 Å². The SMILES string of the molecule is CCOC(=O)CNC(=O)C(c1ccc(F)cc1)N(C(=O)c1snc(C(N)=O)c1N)c1ccccc1OC. The molecule has 0 spiro atoms. The third-order valence-corrected chi connectivity index (χ3v) is 5.97. The molecule has 0 aliphatic heterocycles. The van der Waals surface area contributed by atoms with Crippen LogP contribution in [0.25, 0.3) is 0 Å². The van der Waals surface area contributed by atoms with Crippen molar-refractivity contribution in [2.75, 3.05) is 30.9 Å². The number of halogens is 1. The van der Waals surface area contributed by atoms with Gasteiger partial charge in [-0.2, -0.15) is 4.37 Å². The molecular weight excluding hydrogens is 505 g/mol. The second kappa shape index (κ2) is 11.9. The zero-order valence-electron chi connectivity index (χ0n) is 19.9. The first-order chi connectivity index (χ1) is 17.7. The predicted molar refractivity (Wildman–Crippen MR) is 134 cm³/mol. The number of nitrogens with zero attached hydrogens (tertiary/aromatic N) is 2. The second-order valence-electron chi connectivity index (χ2n) is 7.46. The van der Waals surface area contributed by atoms with Crippen molar-refractivity contribution in [3.63, 3.8) is 0 Å². The number of hydrogen-bond donors (Lipinski definition) is 3. The highest BCUT2D eigenvalue weighted by Crippen LogP contribution is 2.37. The summed E-state index contributed by atoms with van der Waals surface area (Å²) in [6.45, 7) is 1.24. The highest BCUT2D eigenvalue weighted by Gasteiger charge is 2.37. The normalized spacial score (nSPS) is 11.3. The van der Waals surface area contributed by atoms with E-state index in [4.69, 9.17) is 20.9 Å². The molecule has 1 heterocycles. The number of nitrogens with one attached hydrogen (secondary N) is 1. The first-order valence-corrected chi connectivity index (χ1v) is 11.7. The van der Waals surface area contributed by atoms with E-state index in [1.54, 1.807) is 25.1 Å². The van der Waals surface area contributed by atoms with Gasteiger partial charge in [-0.3, -0.25) is 24.1 Å². The molecule has 3 aromatic rings. The number of primary amides is 1. The number of ether oxygens (including phenoxy) is 2. The number of para-hydroxylation sites is 2. The fraction of sp³-hybridized carbons (Fsp3) is 0.208. The molecule has 0 aliphatic rings. The summed E-state index contributed by atoms with van der Waals surface area (Å²) in [6, 6.07) is 9.83. The van der Waals surface area contributed by atoms with E-state index in [0.717, 1.165) is 17.0 Å². The van der Waals surface area contributed by atoms with E-state index in [2.05, 4.69) is 9.69 Å². The third-order valence-electron chi connectivity index (χ3n) is 5.12. The molecule has 2 aromatic carbocycles. The molecule has 1 atom stereocenters. The Bertz CT molecular complexity index is 1310. The Kier molecular flexibility index (Phi) is 8.74.